The summed E-state index contributed by atoms with van der Waals surface area (Å²) in [5.41, 5.74) is 0. The van der Waals surface area contributed by atoms with E-state index in [0.29, 0.717) is 12.6 Å². The van der Waals surface area contributed by atoms with E-state index in [4.69, 9.17) is 4.74 Å². The first kappa shape index (κ1) is 12.5. The van der Waals surface area contributed by atoms with Gasteiger partial charge in [0.25, 0.3) is 0 Å². The highest BCUT2D eigenvalue weighted by Gasteiger charge is 2.24. The highest BCUT2D eigenvalue weighted by molar-refractivity contribution is 5.78. The molecular formula is C11H22N2O2. The lowest BCUT2D eigenvalue weighted by Gasteiger charge is -2.36. The van der Waals surface area contributed by atoms with Crippen molar-refractivity contribution in [3.63, 3.8) is 0 Å². The first-order valence-corrected chi connectivity index (χ1v) is 5.64. The van der Waals surface area contributed by atoms with Gasteiger partial charge in [-0.2, -0.15) is 0 Å². The molecule has 1 aliphatic heterocycles. The van der Waals surface area contributed by atoms with E-state index in [-0.39, 0.29) is 18.1 Å². The van der Waals surface area contributed by atoms with Crippen molar-refractivity contribution in [2.24, 2.45) is 0 Å². The second-order valence-electron chi connectivity index (χ2n) is 4.64. The van der Waals surface area contributed by atoms with E-state index in [1.165, 1.54) is 0 Å². The molecule has 0 aliphatic carbocycles. The number of nitrogens with zero attached hydrogens (tertiary/aromatic N) is 1. The van der Waals surface area contributed by atoms with Crippen molar-refractivity contribution in [3.05, 3.63) is 0 Å². The number of carbonyl (C=O) groups is 1. The summed E-state index contributed by atoms with van der Waals surface area (Å²) in [6, 6.07) is 0.547. The highest BCUT2D eigenvalue weighted by Crippen LogP contribution is 2.10. The summed E-state index contributed by atoms with van der Waals surface area (Å²) in [7, 11) is 0. The maximum Gasteiger partial charge on any atom is 0.234 e. The highest BCUT2D eigenvalue weighted by atomic mass is 16.5. The molecule has 0 aromatic carbocycles. The number of rotatable bonds is 3. The molecule has 2 unspecified atom stereocenters. The van der Waals surface area contributed by atoms with E-state index in [9.17, 15) is 4.79 Å². The molecule has 0 aromatic rings. The summed E-state index contributed by atoms with van der Waals surface area (Å²) in [6.45, 7) is 10.1. The zero-order valence-corrected chi connectivity index (χ0v) is 10.1. The van der Waals surface area contributed by atoms with Crippen molar-refractivity contribution in [3.8, 4) is 0 Å². The van der Waals surface area contributed by atoms with Crippen molar-refractivity contribution in [2.45, 2.75) is 45.9 Å². The molecule has 1 aliphatic rings. The molecule has 1 amide bonds. The standard InChI is InChI=1S/C11H22N2O2/c1-8(2)12-11(14)6-13-5-10(4)15-7-9(13)3/h8-10H,5-7H2,1-4H3,(H,12,14). The molecular weight excluding hydrogens is 192 g/mol. The second kappa shape index (κ2) is 5.47. The van der Waals surface area contributed by atoms with Gasteiger partial charge in [0.05, 0.1) is 19.3 Å². The maximum atomic E-state index is 11.6. The molecule has 1 fully saturated rings. The zero-order chi connectivity index (χ0) is 11.4. The van der Waals surface area contributed by atoms with Gasteiger partial charge in [-0.1, -0.05) is 0 Å². The Kier molecular flexibility index (Phi) is 4.54. The first-order chi connectivity index (χ1) is 6.99. The summed E-state index contributed by atoms with van der Waals surface area (Å²) in [4.78, 5) is 13.8. The largest absolute Gasteiger partial charge is 0.376 e. The van der Waals surface area contributed by atoms with Crippen LogP contribution in [0.15, 0.2) is 0 Å². The van der Waals surface area contributed by atoms with Crippen LogP contribution in [0, 0.1) is 0 Å². The second-order valence-corrected chi connectivity index (χ2v) is 4.64. The molecule has 0 radical (unpaired) electrons. The van der Waals surface area contributed by atoms with Gasteiger partial charge < -0.3 is 10.1 Å². The van der Waals surface area contributed by atoms with Crippen LogP contribution in [0.25, 0.3) is 0 Å². The van der Waals surface area contributed by atoms with Gasteiger partial charge in [-0.15, -0.1) is 0 Å². The lowest BCUT2D eigenvalue weighted by Crippen LogP contribution is -2.51. The van der Waals surface area contributed by atoms with Crippen molar-refractivity contribution < 1.29 is 9.53 Å². The van der Waals surface area contributed by atoms with Crippen LogP contribution in [0.4, 0.5) is 0 Å². The van der Waals surface area contributed by atoms with Crippen LogP contribution in [-0.2, 0) is 9.53 Å². The summed E-state index contributed by atoms with van der Waals surface area (Å²) in [6.07, 6.45) is 0.230. The quantitative estimate of drug-likeness (QED) is 0.749. The van der Waals surface area contributed by atoms with Gasteiger partial charge in [-0.05, 0) is 27.7 Å². The monoisotopic (exact) mass is 214 g/mol. The third-order valence-corrected chi connectivity index (χ3v) is 2.53. The van der Waals surface area contributed by atoms with E-state index in [2.05, 4.69) is 17.1 Å². The van der Waals surface area contributed by atoms with Crippen molar-refractivity contribution in [2.75, 3.05) is 19.7 Å². The Bertz CT molecular complexity index is 219. The Morgan fingerprint density at radius 1 is 1.53 bits per heavy atom. The molecule has 4 nitrogen and oxygen atoms in total. The van der Waals surface area contributed by atoms with E-state index in [0.717, 1.165) is 13.2 Å². The SMILES string of the molecule is CC(C)NC(=O)CN1CC(C)OCC1C. The average molecular weight is 214 g/mol. The molecule has 88 valence electrons. The van der Waals surface area contributed by atoms with Crippen molar-refractivity contribution in [1.29, 1.82) is 0 Å². The van der Waals surface area contributed by atoms with E-state index in [1.54, 1.807) is 0 Å². The smallest absolute Gasteiger partial charge is 0.234 e. The minimum atomic E-state index is 0.103. The maximum absolute atomic E-state index is 11.6. The van der Waals surface area contributed by atoms with Crippen LogP contribution in [-0.4, -0.2) is 48.7 Å². The van der Waals surface area contributed by atoms with Gasteiger partial charge in [0.2, 0.25) is 5.91 Å². The predicted molar refractivity (Wildman–Crippen MR) is 59.7 cm³/mol. The summed E-state index contributed by atoms with van der Waals surface area (Å²) < 4.78 is 5.51. The number of amides is 1. The van der Waals surface area contributed by atoms with Crippen LogP contribution < -0.4 is 5.32 Å². The number of hydrogen-bond donors (Lipinski definition) is 1. The number of hydrogen-bond acceptors (Lipinski definition) is 3. The molecule has 1 N–H and O–H groups in total. The van der Waals surface area contributed by atoms with Gasteiger partial charge in [0, 0.05) is 18.6 Å². The van der Waals surface area contributed by atoms with E-state index < -0.39 is 0 Å². The molecule has 0 aromatic heterocycles. The van der Waals surface area contributed by atoms with Crippen LogP contribution in [0.5, 0.6) is 0 Å². The van der Waals surface area contributed by atoms with Crippen molar-refractivity contribution in [1.82, 2.24) is 10.2 Å². The Balaban J connectivity index is 2.38. The van der Waals surface area contributed by atoms with Gasteiger partial charge >= 0.3 is 0 Å². The molecule has 0 spiro atoms. The summed E-state index contributed by atoms with van der Waals surface area (Å²) >= 11 is 0. The van der Waals surface area contributed by atoms with E-state index in [1.807, 2.05) is 20.8 Å². The molecule has 1 rings (SSSR count). The Morgan fingerprint density at radius 2 is 2.20 bits per heavy atom. The summed E-state index contributed by atoms with van der Waals surface area (Å²) in [5.74, 6) is 0.103. The molecule has 1 saturated heterocycles. The third kappa shape index (κ3) is 4.18. The Morgan fingerprint density at radius 3 is 2.80 bits per heavy atom. The Hall–Kier alpha value is -0.610. The molecule has 4 heteroatoms. The number of carbonyl (C=O) groups excluding carboxylic acids is 1. The number of morpholine rings is 1. The molecule has 0 saturated carbocycles. The minimum Gasteiger partial charge on any atom is -0.376 e. The van der Waals surface area contributed by atoms with Crippen LogP contribution in [0.1, 0.15) is 27.7 Å². The van der Waals surface area contributed by atoms with Gasteiger partial charge in [0.15, 0.2) is 0 Å². The lowest BCUT2D eigenvalue weighted by molar-refractivity contribution is -0.126. The van der Waals surface area contributed by atoms with Crippen LogP contribution in [0.2, 0.25) is 0 Å². The predicted octanol–water partition coefficient (Wildman–Crippen LogP) is 0.620. The minimum absolute atomic E-state index is 0.103. The fraction of sp³-hybridized carbons (Fsp3) is 0.909. The number of ether oxygens (including phenoxy) is 1. The zero-order valence-electron chi connectivity index (χ0n) is 10.1. The van der Waals surface area contributed by atoms with Crippen LogP contribution in [0.3, 0.4) is 0 Å². The molecule has 1 heterocycles. The first-order valence-electron chi connectivity index (χ1n) is 5.64. The average Bonchev–Trinajstić information content (AvgIpc) is 2.10. The number of nitrogens with one attached hydrogen (secondary N) is 1. The Labute approximate surface area is 92.0 Å². The fourth-order valence-corrected chi connectivity index (χ4v) is 1.74. The topological polar surface area (TPSA) is 41.6 Å². The molecule has 2 atom stereocenters. The lowest BCUT2D eigenvalue weighted by atomic mass is 10.2. The third-order valence-electron chi connectivity index (χ3n) is 2.53. The molecule has 0 bridgehead atoms. The van der Waals surface area contributed by atoms with Gasteiger partial charge in [-0.3, -0.25) is 9.69 Å². The summed E-state index contributed by atoms with van der Waals surface area (Å²) in [5, 5.41) is 2.90. The molecule has 15 heavy (non-hydrogen) atoms. The fourth-order valence-electron chi connectivity index (χ4n) is 1.74. The van der Waals surface area contributed by atoms with Gasteiger partial charge in [0.1, 0.15) is 0 Å². The van der Waals surface area contributed by atoms with E-state index >= 15 is 0 Å². The normalized spacial score (nSPS) is 28.1. The van der Waals surface area contributed by atoms with Crippen LogP contribution >= 0.6 is 0 Å². The van der Waals surface area contributed by atoms with Gasteiger partial charge in [-0.25, -0.2) is 0 Å². The van der Waals surface area contributed by atoms with Crippen molar-refractivity contribution >= 4 is 5.91 Å².